The van der Waals surface area contributed by atoms with Crippen molar-refractivity contribution in [3.8, 4) is 0 Å². The third-order valence-corrected chi connectivity index (χ3v) is 2.64. The molecule has 0 aliphatic rings. The minimum absolute atomic E-state index is 1.00. The van der Waals surface area contributed by atoms with E-state index in [4.69, 9.17) is 0 Å². The van der Waals surface area contributed by atoms with Crippen molar-refractivity contribution in [3.05, 3.63) is 22.8 Å². The summed E-state index contributed by atoms with van der Waals surface area (Å²) in [5.74, 6) is 1.00. The van der Waals surface area contributed by atoms with E-state index >= 15 is 0 Å². The maximum atomic E-state index is 4.32. The van der Waals surface area contributed by atoms with Crippen LogP contribution in [0.3, 0.4) is 0 Å². The van der Waals surface area contributed by atoms with Gasteiger partial charge < -0.3 is 10.2 Å². The minimum Gasteiger partial charge on any atom is -0.359 e. The van der Waals surface area contributed by atoms with Gasteiger partial charge in [0.2, 0.25) is 0 Å². The second-order valence-corrected chi connectivity index (χ2v) is 4.04. The molecular formula is C10H16BrN3. The maximum absolute atomic E-state index is 4.32. The molecule has 0 saturated carbocycles. The number of hydrogen-bond acceptors (Lipinski definition) is 3. The molecule has 3 nitrogen and oxygen atoms in total. The van der Waals surface area contributed by atoms with Crippen LogP contribution in [0.15, 0.2) is 22.8 Å². The quantitative estimate of drug-likeness (QED) is 0.817. The number of nitrogens with zero attached hydrogens (tertiary/aromatic N) is 2. The van der Waals surface area contributed by atoms with Gasteiger partial charge in [0.1, 0.15) is 5.82 Å². The first-order chi connectivity index (χ1) is 6.75. The molecule has 0 aromatic carbocycles. The van der Waals surface area contributed by atoms with E-state index in [1.165, 1.54) is 0 Å². The van der Waals surface area contributed by atoms with Crippen LogP contribution < -0.4 is 10.2 Å². The van der Waals surface area contributed by atoms with Crippen LogP contribution >= 0.6 is 15.9 Å². The smallest absolute Gasteiger partial charge is 0.142 e. The predicted octanol–water partition coefficient (Wildman–Crippen LogP) is 1.89. The largest absolute Gasteiger partial charge is 0.359 e. The molecule has 0 aliphatic heterocycles. The van der Waals surface area contributed by atoms with Crippen molar-refractivity contribution < 1.29 is 0 Å². The normalized spacial score (nSPS) is 10.2. The molecule has 1 heterocycles. The van der Waals surface area contributed by atoms with Gasteiger partial charge in [-0.15, -0.1) is 0 Å². The molecule has 0 unspecified atom stereocenters. The fraction of sp³-hybridized carbons (Fsp3) is 0.500. The molecule has 0 bridgehead atoms. The molecule has 0 fully saturated rings. The van der Waals surface area contributed by atoms with Crippen LogP contribution in [-0.2, 0) is 0 Å². The van der Waals surface area contributed by atoms with Gasteiger partial charge in [0.05, 0.1) is 4.47 Å². The first kappa shape index (κ1) is 11.5. The zero-order valence-corrected chi connectivity index (χ0v) is 10.2. The van der Waals surface area contributed by atoms with Gasteiger partial charge in [-0.25, -0.2) is 4.98 Å². The average Bonchev–Trinajstić information content (AvgIpc) is 2.18. The second-order valence-electron chi connectivity index (χ2n) is 3.19. The maximum Gasteiger partial charge on any atom is 0.142 e. The monoisotopic (exact) mass is 257 g/mol. The third kappa shape index (κ3) is 3.27. The third-order valence-electron chi connectivity index (χ3n) is 2.02. The Hall–Kier alpha value is -0.610. The van der Waals surface area contributed by atoms with E-state index in [1.54, 1.807) is 0 Å². The Morgan fingerprint density at radius 3 is 3.00 bits per heavy atom. The Morgan fingerprint density at radius 1 is 1.57 bits per heavy atom. The van der Waals surface area contributed by atoms with Crippen LogP contribution in [0.1, 0.15) is 6.42 Å². The molecule has 0 saturated heterocycles. The summed E-state index contributed by atoms with van der Waals surface area (Å²) in [7, 11) is 4.03. The summed E-state index contributed by atoms with van der Waals surface area (Å²) in [5, 5.41) is 3.13. The minimum atomic E-state index is 1.00. The van der Waals surface area contributed by atoms with Crippen molar-refractivity contribution in [2.75, 3.05) is 32.1 Å². The molecule has 0 atom stereocenters. The number of rotatable bonds is 5. The molecule has 1 aromatic heterocycles. The highest BCUT2D eigenvalue weighted by Gasteiger charge is 2.04. The molecule has 1 N–H and O–H groups in total. The number of hydrogen-bond donors (Lipinski definition) is 1. The molecule has 1 aromatic rings. The Labute approximate surface area is 93.7 Å². The highest BCUT2D eigenvalue weighted by molar-refractivity contribution is 9.10. The van der Waals surface area contributed by atoms with Crippen molar-refractivity contribution in [1.82, 2.24) is 10.3 Å². The molecular weight excluding hydrogens is 242 g/mol. The number of pyridine rings is 1. The van der Waals surface area contributed by atoms with Crippen molar-refractivity contribution in [1.29, 1.82) is 0 Å². The van der Waals surface area contributed by atoms with Crippen molar-refractivity contribution in [2.24, 2.45) is 0 Å². The summed E-state index contributed by atoms with van der Waals surface area (Å²) in [4.78, 5) is 6.47. The SMILES string of the molecule is CNCCCN(C)c1ncccc1Br. The van der Waals surface area contributed by atoms with Gasteiger partial charge in [-0.05, 0) is 48.1 Å². The highest BCUT2D eigenvalue weighted by atomic mass is 79.9. The molecule has 1 rings (SSSR count). The molecule has 0 spiro atoms. The fourth-order valence-electron chi connectivity index (χ4n) is 1.26. The van der Waals surface area contributed by atoms with E-state index in [2.05, 4.69) is 38.2 Å². The molecule has 4 heteroatoms. The molecule has 78 valence electrons. The van der Waals surface area contributed by atoms with Gasteiger partial charge >= 0.3 is 0 Å². The standard InChI is InChI=1S/C10H16BrN3/c1-12-6-4-8-14(2)10-9(11)5-3-7-13-10/h3,5,7,12H,4,6,8H2,1-2H3. The first-order valence-electron chi connectivity index (χ1n) is 4.72. The Bertz CT molecular complexity index is 278. The van der Waals surface area contributed by atoms with Crippen LogP contribution in [0.4, 0.5) is 5.82 Å². The van der Waals surface area contributed by atoms with Crippen molar-refractivity contribution in [3.63, 3.8) is 0 Å². The summed E-state index contributed by atoms with van der Waals surface area (Å²) >= 11 is 3.49. The predicted molar refractivity (Wildman–Crippen MR) is 63.8 cm³/mol. The topological polar surface area (TPSA) is 28.2 Å². The number of anilines is 1. The van der Waals surface area contributed by atoms with Crippen LogP contribution in [0.2, 0.25) is 0 Å². The van der Waals surface area contributed by atoms with E-state index in [-0.39, 0.29) is 0 Å². The summed E-state index contributed by atoms with van der Waals surface area (Å²) in [5.41, 5.74) is 0. The molecule has 0 radical (unpaired) electrons. The highest BCUT2D eigenvalue weighted by Crippen LogP contribution is 2.21. The van der Waals surface area contributed by atoms with E-state index in [1.807, 2.05) is 25.4 Å². The summed E-state index contributed by atoms with van der Waals surface area (Å²) in [6.45, 7) is 2.05. The van der Waals surface area contributed by atoms with Gasteiger partial charge in [0.25, 0.3) is 0 Å². The van der Waals surface area contributed by atoms with Crippen LogP contribution in [0.5, 0.6) is 0 Å². The lowest BCUT2D eigenvalue weighted by molar-refractivity contribution is 0.708. The molecule has 14 heavy (non-hydrogen) atoms. The lowest BCUT2D eigenvalue weighted by Crippen LogP contribution is -2.23. The zero-order chi connectivity index (χ0) is 10.4. The van der Waals surface area contributed by atoms with E-state index in [0.29, 0.717) is 0 Å². The second kappa shape index (κ2) is 5.98. The Balaban J connectivity index is 2.51. The van der Waals surface area contributed by atoms with Gasteiger partial charge in [0, 0.05) is 19.8 Å². The Kier molecular flexibility index (Phi) is 4.90. The van der Waals surface area contributed by atoms with E-state index in [9.17, 15) is 0 Å². The van der Waals surface area contributed by atoms with Gasteiger partial charge in [-0.1, -0.05) is 0 Å². The summed E-state index contributed by atoms with van der Waals surface area (Å²) in [6, 6.07) is 3.94. The van der Waals surface area contributed by atoms with Gasteiger partial charge in [-0.3, -0.25) is 0 Å². The lowest BCUT2D eigenvalue weighted by Gasteiger charge is -2.18. The molecule has 0 aliphatic carbocycles. The fourth-order valence-corrected chi connectivity index (χ4v) is 1.81. The number of aromatic nitrogens is 1. The van der Waals surface area contributed by atoms with Crippen LogP contribution in [0.25, 0.3) is 0 Å². The van der Waals surface area contributed by atoms with Crippen LogP contribution in [0, 0.1) is 0 Å². The zero-order valence-electron chi connectivity index (χ0n) is 8.63. The van der Waals surface area contributed by atoms with Gasteiger partial charge in [-0.2, -0.15) is 0 Å². The van der Waals surface area contributed by atoms with Crippen molar-refractivity contribution in [2.45, 2.75) is 6.42 Å². The van der Waals surface area contributed by atoms with Crippen molar-refractivity contribution >= 4 is 21.7 Å². The number of halogens is 1. The number of nitrogens with one attached hydrogen (secondary N) is 1. The average molecular weight is 258 g/mol. The lowest BCUT2D eigenvalue weighted by atomic mass is 10.3. The van der Waals surface area contributed by atoms with Crippen LogP contribution in [-0.4, -0.2) is 32.2 Å². The van der Waals surface area contributed by atoms with E-state index < -0.39 is 0 Å². The molecule has 0 amide bonds. The Morgan fingerprint density at radius 2 is 2.36 bits per heavy atom. The summed E-state index contributed by atoms with van der Waals surface area (Å²) in [6.07, 6.45) is 2.94. The first-order valence-corrected chi connectivity index (χ1v) is 5.51. The summed E-state index contributed by atoms with van der Waals surface area (Å²) < 4.78 is 1.05. The van der Waals surface area contributed by atoms with Gasteiger partial charge in [0.15, 0.2) is 0 Å². The van der Waals surface area contributed by atoms with E-state index in [0.717, 1.165) is 29.8 Å².